The minimum Gasteiger partial charge on any atom is -0.494 e. The molecule has 30 heavy (non-hydrogen) atoms. The van der Waals surface area contributed by atoms with Crippen molar-refractivity contribution >= 4 is 11.6 Å². The van der Waals surface area contributed by atoms with E-state index >= 15 is 0 Å². The van der Waals surface area contributed by atoms with Crippen molar-refractivity contribution in [3.63, 3.8) is 0 Å². The molecule has 0 aromatic heterocycles. The summed E-state index contributed by atoms with van der Waals surface area (Å²) in [7, 11) is 0. The molecule has 5 atom stereocenters. The summed E-state index contributed by atoms with van der Waals surface area (Å²) in [5, 5.41) is 40.8. The highest BCUT2D eigenvalue weighted by Gasteiger charge is 2.53. The van der Waals surface area contributed by atoms with Gasteiger partial charge in [0.2, 0.25) is 0 Å². The van der Waals surface area contributed by atoms with Gasteiger partial charge in [-0.25, -0.2) is 4.39 Å². The third-order valence-corrected chi connectivity index (χ3v) is 5.77. The Balaban J connectivity index is 1.88. The zero-order valence-electron chi connectivity index (χ0n) is 16.5. The monoisotopic (exact) mass is 440 g/mol. The lowest BCUT2D eigenvalue weighted by Crippen LogP contribution is -2.64. The highest BCUT2D eigenvalue weighted by molar-refractivity contribution is 6.31. The number of ether oxygens (including phenoxy) is 2. The van der Waals surface area contributed by atoms with Gasteiger partial charge in [-0.1, -0.05) is 35.9 Å². The fraction of sp³-hybridized carbons (Fsp3) is 0.455. The predicted octanol–water partition coefficient (Wildman–Crippen LogP) is 2.18. The maximum atomic E-state index is 13.6. The van der Waals surface area contributed by atoms with Crippen molar-refractivity contribution in [2.45, 2.75) is 43.4 Å². The fourth-order valence-corrected chi connectivity index (χ4v) is 3.80. The first kappa shape index (κ1) is 22.9. The van der Waals surface area contributed by atoms with Gasteiger partial charge in [0.25, 0.3) is 0 Å². The Morgan fingerprint density at radius 3 is 2.40 bits per heavy atom. The summed E-state index contributed by atoms with van der Waals surface area (Å²) < 4.78 is 24.7. The smallest absolute Gasteiger partial charge is 0.149 e. The molecule has 3 rings (SSSR count). The first-order chi connectivity index (χ1) is 14.3. The summed E-state index contributed by atoms with van der Waals surface area (Å²) in [6, 6.07) is 12.5. The lowest BCUT2D eigenvalue weighted by atomic mass is 9.83. The first-order valence-corrected chi connectivity index (χ1v) is 10.1. The molecular formula is C22H26ClFO6. The van der Waals surface area contributed by atoms with Crippen LogP contribution in [-0.2, 0) is 11.2 Å². The van der Waals surface area contributed by atoms with Crippen LogP contribution in [0.5, 0.6) is 5.75 Å². The van der Waals surface area contributed by atoms with Crippen LogP contribution in [0.3, 0.4) is 0 Å². The largest absolute Gasteiger partial charge is 0.494 e. The SMILES string of the molecule is CCOc1ccc(Cc2cc([C@@H]3OC(CO)(CF)[C@@H](O)[C@H](O)[C@H]3O)ccc2Cl)cc1. The molecule has 4 N–H and O–H groups in total. The molecule has 1 aliphatic heterocycles. The van der Waals surface area contributed by atoms with Crippen molar-refractivity contribution in [2.75, 3.05) is 19.9 Å². The van der Waals surface area contributed by atoms with Crippen molar-refractivity contribution in [1.82, 2.24) is 0 Å². The zero-order chi connectivity index (χ0) is 21.9. The van der Waals surface area contributed by atoms with Crippen LogP contribution in [-0.4, -0.2) is 64.2 Å². The number of rotatable bonds is 7. The van der Waals surface area contributed by atoms with E-state index in [1.165, 1.54) is 0 Å². The molecule has 1 aliphatic rings. The summed E-state index contributed by atoms with van der Waals surface area (Å²) in [6.07, 6.45) is -5.62. The molecule has 0 radical (unpaired) electrons. The lowest BCUT2D eigenvalue weighted by molar-refractivity contribution is -0.284. The van der Waals surface area contributed by atoms with Gasteiger partial charge in [0, 0.05) is 5.02 Å². The molecule has 2 aromatic carbocycles. The summed E-state index contributed by atoms with van der Waals surface area (Å²) >= 11 is 6.35. The van der Waals surface area contributed by atoms with Gasteiger partial charge in [0.1, 0.15) is 42.4 Å². The van der Waals surface area contributed by atoms with Crippen LogP contribution >= 0.6 is 11.6 Å². The Morgan fingerprint density at radius 1 is 1.10 bits per heavy atom. The third-order valence-electron chi connectivity index (χ3n) is 5.41. The highest BCUT2D eigenvalue weighted by atomic mass is 35.5. The van der Waals surface area contributed by atoms with Crippen LogP contribution in [0.4, 0.5) is 4.39 Å². The van der Waals surface area contributed by atoms with Gasteiger partial charge < -0.3 is 29.9 Å². The van der Waals surface area contributed by atoms with Crippen LogP contribution in [0.25, 0.3) is 0 Å². The average Bonchev–Trinajstić information content (AvgIpc) is 2.76. The highest BCUT2D eigenvalue weighted by Crippen LogP contribution is 2.39. The number of hydrogen-bond donors (Lipinski definition) is 4. The average molecular weight is 441 g/mol. The van der Waals surface area contributed by atoms with Crippen molar-refractivity contribution < 1.29 is 34.3 Å². The van der Waals surface area contributed by atoms with Crippen LogP contribution in [0.15, 0.2) is 42.5 Å². The van der Waals surface area contributed by atoms with E-state index in [0.717, 1.165) is 16.9 Å². The number of benzene rings is 2. The predicted molar refractivity (Wildman–Crippen MR) is 110 cm³/mol. The van der Waals surface area contributed by atoms with E-state index in [1.807, 2.05) is 31.2 Å². The molecule has 0 spiro atoms. The molecule has 1 saturated heterocycles. The van der Waals surface area contributed by atoms with Crippen molar-refractivity contribution in [3.8, 4) is 5.75 Å². The van der Waals surface area contributed by atoms with Crippen LogP contribution < -0.4 is 4.74 Å². The third kappa shape index (κ3) is 4.46. The van der Waals surface area contributed by atoms with Gasteiger partial charge >= 0.3 is 0 Å². The van der Waals surface area contributed by atoms with E-state index in [0.29, 0.717) is 23.6 Å². The van der Waals surface area contributed by atoms with Gasteiger partial charge in [0.05, 0.1) is 13.2 Å². The van der Waals surface area contributed by atoms with E-state index in [2.05, 4.69) is 0 Å². The number of alkyl halides is 1. The summed E-state index contributed by atoms with van der Waals surface area (Å²) in [4.78, 5) is 0. The minimum atomic E-state index is -2.02. The normalized spacial score (nSPS) is 29.0. The molecule has 164 valence electrons. The number of aliphatic hydroxyl groups excluding tert-OH is 4. The lowest BCUT2D eigenvalue weighted by Gasteiger charge is -2.47. The summed E-state index contributed by atoms with van der Waals surface area (Å²) in [5.41, 5.74) is 0.152. The number of hydrogen-bond acceptors (Lipinski definition) is 6. The van der Waals surface area contributed by atoms with Crippen molar-refractivity contribution in [1.29, 1.82) is 0 Å². The van der Waals surface area contributed by atoms with Crippen LogP contribution in [0.1, 0.15) is 29.7 Å². The second-order valence-electron chi connectivity index (χ2n) is 7.43. The molecule has 0 bridgehead atoms. The Hall–Kier alpha value is -1.74. The number of aliphatic hydroxyl groups is 4. The van der Waals surface area contributed by atoms with E-state index in [9.17, 15) is 24.8 Å². The standard InChI is InChI=1S/C22H26ClFO6/c1-2-29-16-6-3-13(4-7-16)9-15-10-14(5-8-17(15)23)20-18(26)19(27)21(28)22(11-24,12-25)30-20/h3-8,10,18-21,25-28H,2,9,11-12H2,1H3/t18-,19-,20+,21+,22?/m1/s1. The molecule has 6 nitrogen and oxygen atoms in total. The Morgan fingerprint density at radius 2 is 1.80 bits per heavy atom. The van der Waals surface area contributed by atoms with E-state index in [1.54, 1.807) is 18.2 Å². The van der Waals surface area contributed by atoms with Gasteiger partial charge in [-0.05, 0) is 48.2 Å². The second kappa shape index (κ2) is 9.60. The maximum absolute atomic E-state index is 13.6. The Bertz CT molecular complexity index is 842. The van der Waals surface area contributed by atoms with Gasteiger partial charge in [0.15, 0.2) is 0 Å². The Kier molecular flexibility index (Phi) is 7.34. The molecule has 8 heteroatoms. The van der Waals surface area contributed by atoms with Gasteiger partial charge in [-0.3, -0.25) is 0 Å². The summed E-state index contributed by atoms with van der Waals surface area (Å²) in [6.45, 7) is 0.409. The van der Waals surface area contributed by atoms with Crippen molar-refractivity contribution in [3.05, 3.63) is 64.2 Å². The first-order valence-electron chi connectivity index (χ1n) is 9.74. The molecule has 0 aliphatic carbocycles. The van der Waals surface area contributed by atoms with Gasteiger partial charge in [-0.15, -0.1) is 0 Å². The molecular weight excluding hydrogens is 415 g/mol. The quantitative estimate of drug-likeness (QED) is 0.526. The molecule has 1 unspecified atom stereocenters. The fourth-order valence-electron chi connectivity index (χ4n) is 3.62. The number of halogens is 2. The molecule has 1 fully saturated rings. The topological polar surface area (TPSA) is 99.4 Å². The van der Waals surface area contributed by atoms with Gasteiger partial charge in [-0.2, -0.15) is 0 Å². The minimum absolute atomic E-state index is 0.449. The van der Waals surface area contributed by atoms with E-state index < -0.39 is 43.3 Å². The molecule has 0 amide bonds. The van der Waals surface area contributed by atoms with Crippen molar-refractivity contribution in [2.24, 2.45) is 0 Å². The maximum Gasteiger partial charge on any atom is 0.149 e. The summed E-state index contributed by atoms with van der Waals surface area (Å²) in [5.74, 6) is 0.763. The molecule has 1 heterocycles. The Labute approximate surface area is 179 Å². The zero-order valence-corrected chi connectivity index (χ0v) is 17.3. The second-order valence-corrected chi connectivity index (χ2v) is 7.83. The van der Waals surface area contributed by atoms with Crippen LogP contribution in [0, 0.1) is 0 Å². The molecule has 2 aromatic rings. The molecule has 0 saturated carbocycles. The van der Waals surface area contributed by atoms with Crippen LogP contribution in [0.2, 0.25) is 5.02 Å². The van der Waals surface area contributed by atoms with E-state index in [4.69, 9.17) is 21.1 Å². The van der Waals surface area contributed by atoms with E-state index in [-0.39, 0.29) is 0 Å².